The summed E-state index contributed by atoms with van der Waals surface area (Å²) in [7, 11) is 0. The molecule has 3 rings (SSSR count). The Balaban J connectivity index is 1.72. The van der Waals surface area contributed by atoms with Crippen molar-refractivity contribution in [2.45, 2.75) is 27.2 Å². The molecule has 1 unspecified atom stereocenters. The fraction of sp³-hybridized carbons (Fsp3) is 0.353. The molecule has 6 heteroatoms. The molecule has 2 amide bonds. The van der Waals surface area contributed by atoms with E-state index in [2.05, 4.69) is 10.5 Å². The van der Waals surface area contributed by atoms with Crippen LogP contribution in [0.3, 0.4) is 0 Å². The average molecular weight is 313 g/mol. The van der Waals surface area contributed by atoms with Crippen molar-refractivity contribution in [2.75, 3.05) is 16.8 Å². The first-order valence-corrected chi connectivity index (χ1v) is 7.56. The molecule has 1 aromatic carbocycles. The molecule has 1 aromatic heterocycles. The predicted octanol–water partition coefficient (Wildman–Crippen LogP) is 2.59. The number of nitrogens with one attached hydrogen (secondary N) is 1. The van der Waals surface area contributed by atoms with Crippen LogP contribution < -0.4 is 10.2 Å². The number of hydrogen-bond donors (Lipinski definition) is 1. The van der Waals surface area contributed by atoms with Crippen molar-refractivity contribution in [2.24, 2.45) is 5.92 Å². The van der Waals surface area contributed by atoms with Crippen LogP contribution in [-0.2, 0) is 9.59 Å². The molecule has 2 aromatic rings. The first-order valence-electron chi connectivity index (χ1n) is 7.56. The molecule has 0 aliphatic carbocycles. The van der Waals surface area contributed by atoms with Gasteiger partial charge in [0.25, 0.3) is 0 Å². The fourth-order valence-electron chi connectivity index (χ4n) is 2.71. The molecule has 1 aliphatic heterocycles. The van der Waals surface area contributed by atoms with Gasteiger partial charge in [-0.05, 0) is 38.0 Å². The quantitative estimate of drug-likeness (QED) is 0.945. The number of aromatic nitrogens is 1. The lowest BCUT2D eigenvalue weighted by Crippen LogP contribution is -2.28. The number of nitrogens with zero attached hydrogens (tertiary/aromatic N) is 2. The summed E-state index contributed by atoms with van der Waals surface area (Å²) < 4.78 is 5.00. The summed E-state index contributed by atoms with van der Waals surface area (Å²) in [6.07, 6.45) is 0.183. The Labute approximate surface area is 134 Å². The molecule has 1 aliphatic rings. The van der Waals surface area contributed by atoms with Crippen molar-refractivity contribution in [3.63, 3.8) is 0 Å². The Morgan fingerprint density at radius 3 is 2.83 bits per heavy atom. The van der Waals surface area contributed by atoms with E-state index in [-0.39, 0.29) is 24.2 Å². The van der Waals surface area contributed by atoms with Gasteiger partial charge in [0.1, 0.15) is 5.76 Å². The van der Waals surface area contributed by atoms with Gasteiger partial charge in [-0.25, -0.2) is 0 Å². The highest BCUT2D eigenvalue weighted by molar-refractivity contribution is 6.03. The van der Waals surface area contributed by atoms with Crippen molar-refractivity contribution in [3.05, 3.63) is 41.2 Å². The SMILES string of the molecule is Cc1cc(N2CC(C(=O)Nc3cccc(C)c3C)CC2=O)no1. The lowest BCUT2D eigenvalue weighted by molar-refractivity contribution is -0.122. The molecule has 120 valence electrons. The van der Waals surface area contributed by atoms with Gasteiger partial charge in [-0.3, -0.25) is 14.5 Å². The predicted molar refractivity (Wildman–Crippen MR) is 86.2 cm³/mol. The number of aryl methyl sites for hydroxylation is 2. The van der Waals surface area contributed by atoms with E-state index in [9.17, 15) is 9.59 Å². The molecular weight excluding hydrogens is 294 g/mol. The molecule has 1 N–H and O–H groups in total. The van der Waals surface area contributed by atoms with Gasteiger partial charge in [0.05, 0.1) is 5.92 Å². The molecule has 1 atom stereocenters. The lowest BCUT2D eigenvalue weighted by Gasteiger charge is -2.14. The number of benzene rings is 1. The second-order valence-electron chi connectivity index (χ2n) is 5.94. The molecule has 0 radical (unpaired) electrons. The van der Waals surface area contributed by atoms with Gasteiger partial charge in [-0.2, -0.15) is 0 Å². The van der Waals surface area contributed by atoms with Crippen LogP contribution in [0.5, 0.6) is 0 Å². The third kappa shape index (κ3) is 2.97. The topological polar surface area (TPSA) is 75.4 Å². The monoisotopic (exact) mass is 313 g/mol. The summed E-state index contributed by atoms with van der Waals surface area (Å²) >= 11 is 0. The maximum atomic E-state index is 12.5. The second kappa shape index (κ2) is 5.87. The highest BCUT2D eigenvalue weighted by atomic mass is 16.5. The average Bonchev–Trinajstić information content (AvgIpc) is 3.09. The maximum Gasteiger partial charge on any atom is 0.229 e. The van der Waals surface area contributed by atoms with E-state index in [1.54, 1.807) is 13.0 Å². The third-order valence-electron chi connectivity index (χ3n) is 4.25. The van der Waals surface area contributed by atoms with Gasteiger partial charge in [-0.15, -0.1) is 0 Å². The van der Waals surface area contributed by atoms with Gasteiger partial charge in [0.2, 0.25) is 11.8 Å². The van der Waals surface area contributed by atoms with Gasteiger partial charge >= 0.3 is 0 Å². The number of carbonyl (C=O) groups excluding carboxylic acids is 2. The van der Waals surface area contributed by atoms with E-state index in [0.29, 0.717) is 18.1 Å². The largest absolute Gasteiger partial charge is 0.360 e. The normalized spacial score (nSPS) is 17.6. The minimum atomic E-state index is -0.389. The molecule has 6 nitrogen and oxygen atoms in total. The van der Waals surface area contributed by atoms with E-state index in [4.69, 9.17) is 4.52 Å². The summed E-state index contributed by atoms with van der Waals surface area (Å²) in [6, 6.07) is 7.47. The van der Waals surface area contributed by atoms with Gasteiger partial charge in [-0.1, -0.05) is 17.3 Å². The Kier molecular flexibility index (Phi) is 3.90. The van der Waals surface area contributed by atoms with Crippen LogP contribution in [0.2, 0.25) is 0 Å². The second-order valence-corrected chi connectivity index (χ2v) is 5.94. The number of hydrogen-bond acceptors (Lipinski definition) is 4. The van der Waals surface area contributed by atoms with E-state index < -0.39 is 0 Å². The van der Waals surface area contributed by atoms with Crippen LogP contribution >= 0.6 is 0 Å². The Hall–Kier alpha value is -2.63. The molecule has 23 heavy (non-hydrogen) atoms. The Morgan fingerprint density at radius 1 is 1.35 bits per heavy atom. The van der Waals surface area contributed by atoms with Crippen LogP contribution in [0, 0.1) is 26.7 Å². The first-order chi connectivity index (χ1) is 11.0. The van der Waals surface area contributed by atoms with E-state index in [1.165, 1.54) is 4.90 Å². The van der Waals surface area contributed by atoms with Crippen molar-refractivity contribution < 1.29 is 14.1 Å². The standard InChI is InChI=1S/C17H19N3O3/c1-10-5-4-6-14(12(10)3)18-17(22)13-8-16(21)20(9-13)15-7-11(2)23-19-15/h4-7,13H,8-9H2,1-3H3,(H,18,22). The zero-order valence-electron chi connectivity index (χ0n) is 13.4. The van der Waals surface area contributed by atoms with E-state index >= 15 is 0 Å². The number of rotatable bonds is 3. The summed E-state index contributed by atoms with van der Waals surface area (Å²) in [5, 5.41) is 6.78. The van der Waals surface area contributed by atoms with Gasteiger partial charge in [0, 0.05) is 24.7 Å². The summed E-state index contributed by atoms with van der Waals surface area (Å²) in [5.74, 6) is 0.458. The summed E-state index contributed by atoms with van der Waals surface area (Å²) in [6.45, 7) is 6.05. The number of amides is 2. The third-order valence-corrected chi connectivity index (χ3v) is 4.25. The highest BCUT2D eigenvalue weighted by Gasteiger charge is 2.36. The minimum absolute atomic E-state index is 0.112. The Bertz CT molecular complexity index is 766. The van der Waals surface area contributed by atoms with Crippen molar-refractivity contribution in [1.82, 2.24) is 5.16 Å². The van der Waals surface area contributed by atoms with E-state index in [0.717, 1.165) is 16.8 Å². The van der Waals surface area contributed by atoms with Crippen molar-refractivity contribution >= 4 is 23.3 Å². The van der Waals surface area contributed by atoms with Crippen LogP contribution in [0.4, 0.5) is 11.5 Å². The van der Waals surface area contributed by atoms with Crippen LogP contribution in [-0.4, -0.2) is 23.5 Å². The molecular formula is C17H19N3O3. The molecule has 2 heterocycles. The first kappa shape index (κ1) is 15.3. The van der Waals surface area contributed by atoms with Crippen LogP contribution in [0.1, 0.15) is 23.3 Å². The van der Waals surface area contributed by atoms with Gasteiger partial charge < -0.3 is 9.84 Å². The Morgan fingerprint density at radius 2 is 2.13 bits per heavy atom. The fourth-order valence-corrected chi connectivity index (χ4v) is 2.71. The highest BCUT2D eigenvalue weighted by Crippen LogP contribution is 2.26. The van der Waals surface area contributed by atoms with Crippen molar-refractivity contribution in [1.29, 1.82) is 0 Å². The lowest BCUT2D eigenvalue weighted by atomic mass is 10.1. The van der Waals surface area contributed by atoms with Gasteiger partial charge in [0.15, 0.2) is 5.82 Å². The number of carbonyl (C=O) groups is 2. The number of anilines is 2. The zero-order valence-corrected chi connectivity index (χ0v) is 13.4. The molecule has 0 bridgehead atoms. The minimum Gasteiger partial charge on any atom is -0.360 e. The van der Waals surface area contributed by atoms with Crippen LogP contribution in [0.25, 0.3) is 0 Å². The summed E-state index contributed by atoms with van der Waals surface area (Å²) in [4.78, 5) is 26.1. The van der Waals surface area contributed by atoms with E-state index in [1.807, 2.05) is 32.0 Å². The van der Waals surface area contributed by atoms with Crippen molar-refractivity contribution in [3.8, 4) is 0 Å². The van der Waals surface area contributed by atoms with Crippen LogP contribution in [0.15, 0.2) is 28.8 Å². The maximum absolute atomic E-state index is 12.5. The molecule has 0 spiro atoms. The smallest absolute Gasteiger partial charge is 0.229 e. The molecule has 1 fully saturated rings. The molecule has 0 saturated carbocycles. The molecule has 1 saturated heterocycles. The zero-order chi connectivity index (χ0) is 16.6. The summed E-state index contributed by atoms with van der Waals surface area (Å²) in [5.41, 5.74) is 2.94.